The van der Waals surface area contributed by atoms with E-state index >= 15 is 0 Å². The summed E-state index contributed by atoms with van der Waals surface area (Å²) in [6.07, 6.45) is 1.48. The molecular weight excluding hydrogens is 320 g/mol. The van der Waals surface area contributed by atoms with E-state index in [0.717, 1.165) is 11.4 Å². The highest BCUT2D eigenvalue weighted by Gasteiger charge is 2.12. The summed E-state index contributed by atoms with van der Waals surface area (Å²) in [4.78, 5) is 23.5. The van der Waals surface area contributed by atoms with Gasteiger partial charge in [0, 0.05) is 18.7 Å². The Bertz CT molecular complexity index is 922. The lowest BCUT2D eigenvalue weighted by Crippen LogP contribution is -2.13. The molecule has 2 amide bonds. The van der Waals surface area contributed by atoms with Crippen molar-refractivity contribution >= 4 is 23.3 Å². The summed E-state index contributed by atoms with van der Waals surface area (Å²) < 4.78 is 6.78. The van der Waals surface area contributed by atoms with Gasteiger partial charge >= 0.3 is 0 Å². The third kappa shape index (κ3) is 3.60. The number of carbonyl (C=O) groups is 2. The van der Waals surface area contributed by atoms with Crippen LogP contribution < -0.4 is 10.6 Å². The third-order valence-corrected chi connectivity index (χ3v) is 3.61. The lowest BCUT2D eigenvalue weighted by atomic mass is 10.2. The molecule has 0 unspecified atom stereocenters. The first-order chi connectivity index (χ1) is 11.9. The molecule has 0 atom stereocenters. The van der Waals surface area contributed by atoms with Gasteiger partial charge in [0.05, 0.1) is 23.2 Å². The second-order valence-corrected chi connectivity index (χ2v) is 5.66. The molecule has 2 aromatic heterocycles. The maximum atomic E-state index is 12.2. The van der Waals surface area contributed by atoms with E-state index in [4.69, 9.17) is 4.42 Å². The van der Waals surface area contributed by atoms with Crippen molar-refractivity contribution in [2.75, 3.05) is 10.6 Å². The number of aryl methyl sites for hydroxylation is 2. The fraction of sp³-hybridized carbons (Fsp3) is 0.167. The Hall–Kier alpha value is -3.35. The first-order valence-corrected chi connectivity index (χ1v) is 7.74. The number of nitrogens with one attached hydrogen (secondary N) is 2. The van der Waals surface area contributed by atoms with Crippen molar-refractivity contribution in [3.63, 3.8) is 0 Å². The van der Waals surface area contributed by atoms with Crippen molar-refractivity contribution < 1.29 is 14.0 Å². The van der Waals surface area contributed by atoms with Crippen LogP contribution in [0.3, 0.4) is 0 Å². The molecule has 0 aliphatic heterocycles. The monoisotopic (exact) mass is 338 g/mol. The Balaban J connectivity index is 1.80. The molecule has 0 radical (unpaired) electrons. The molecule has 3 aromatic rings. The van der Waals surface area contributed by atoms with E-state index in [9.17, 15) is 9.59 Å². The van der Waals surface area contributed by atoms with Crippen molar-refractivity contribution in [2.24, 2.45) is 0 Å². The third-order valence-electron chi connectivity index (χ3n) is 3.61. The highest BCUT2D eigenvalue weighted by molar-refractivity contribution is 6.04. The van der Waals surface area contributed by atoms with Gasteiger partial charge in [0.1, 0.15) is 11.6 Å². The molecule has 25 heavy (non-hydrogen) atoms. The Morgan fingerprint density at radius 1 is 1.08 bits per heavy atom. The number of hydrogen-bond donors (Lipinski definition) is 2. The number of aromatic nitrogens is 2. The fourth-order valence-corrected chi connectivity index (χ4v) is 2.47. The van der Waals surface area contributed by atoms with Crippen molar-refractivity contribution in [1.82, 2.24) is 9.78 Å². The van der Waals surface area contributed by atoms with Crippen LogP contribution >= 0.6 is 0 Å². The second-order valence-electron chi connectivity index (χ2n) is 5.66. The minimum absolute atomic E-state index is 0.166. The summed E-state index contributed by atoms with van der Waals surface area (Å²) >= 11 is 0. The molecule has 128 valence electrons. The first-order valence-electron chi connectivity index (χ1n) is 7.74. The normalized spacial score (nSPS) is 10.5. The van der Waals surface area contributed by atoms with Gasteiger partial charge in [-0.15, -0.1) is 0 Å². The number of amides is 2. The van der Waals surface area contributed by atoms with Crippen molar-refractivity contribution in [2.45, 2.75) is 20.8 Å². The number of anilines is 2. The Morgan fingerprint density at radius 3 is 2.40 bits per heavy atom. The summed E-state index contributed by atoms with van der Waals surface area (Å²) in [6, 6.07) is 10.6. The van der Waals surface area contributed by atoms with Crippen LogP contribution in [0.15, 0.2) is 47.1 Å². The topological polar surface area (TPSA) is 89.2 Å². The van der Waals surface area contributed by atoms with Crippen LogP contribution in [-0.2, 0) is 4.79 Å². The van der Waals surface area contributed by atoms with Crippen molar-refractivity contribution in [1.29, 1.82) is 0 Å². The smallest absolute Gasteiger partial charge is 0.259 e. The minimum Gasteiger partial charge on any atom is -0.469 e. The Labute approximate surface area is 144 Å². The first kappa shape index (κ1) is 16.5. The average molecular weight is 338 g/mol. The molecule has 2 N–H and O–H groups in total. The highest BCUT2D eigenvalue weighted by Crippen LogP contribution is 2.20. The zero-order chi connectivity index (χ0) is 18.0. The molecule has 0 spiro atoms. The molecule has 0 aliphatic carbocycles. The molecule has 0 saturated carbocycles. The van der Waals surface area contributed by atoms with Gasteiger partial charge in [0.15, 0.2) is 0 Å². The zero-order valence-corrected chi connectivity index (χ0v) is 14.2. The van der Waals surface area contributed by atoms with Gasteiger partial charge in [-0.05, 0) is 44.2 Å². The minimum atomic E-state index is -0.229. The van der Waals surface area contributed by atoms with Crippen LogP contribution in [0.2, 0.25) is 0 Å². The van der Waals surface area contributed by atoms with E-state index in [1.807, 2.05) is 19.1 Å². The van der Waals surface area contributed by atoms with E-state index in [1.165, 1.54) is 13.2 Å². The van der Waals surface area contributed by atoms with E-state index < -0.39 is 0 Å². The van der Waals surface area contributed by atoms with Gasteiger partial charge in [0.2, 0.25) is 5.91 Å². The molecule has 7 nitrogen and oxygen atoms in total. The van der Waals surface area contributed by atoms with E-state index in [2.05, 4.69) is 15.7 Å². The molecule has 3 rings (SSSR count). The predicted octanol–water partition coefficient (Wildman–Crippen LogP) is 3.29. The molecule has 0 bridgehead atoms. The molecule has 2 heterocycles. The average Bonchev–Trinajstić information content (AvgIpc) is 3.13. The fourth-order valence-electron chi connectivity index (χ4n) is 2.47. The summed E-state index contributed by atoms with van der Waals surface area (Å²) in [5, 5.41) is 9.94. The van der Waals surface area contributed by atoms with E-state index in [1.54, 1.807) is 35.9 Å². The summed E-state index contributed by atoms with van der Waals surface area (Å²) in [6.45, 7) is 5.04. The lowest BCUT2D eigenvalue weighted by Gasteiger charge is -2.09. The van der Waals surface area contributed by atoms with Gasteiger partial charge in [-0.25, -0.2) is 4.68 Å². The molecule has 1 aromatic carbocycles. The van der Waals surface area contributed by atoms with Gasteiger partial charge in [-0.3, -0.25) is 9.59 Å². The van der Waals surface area contributed by atoms with Crippen LogP contribution in [-0.4, -0.2) is 21.6 Å². The summed E-state index contributed by atoms with van der Waals surface area (Å²) in [7, 11) is 0. The SMILES string of the molecule is CC(=O)Nc1cc(C)nn1-c1ccc(NC(=O)c2ccoc2C)cc1. The molecular formula is C18H18N4O3. The van der Waals surface area contributed by atoms with Gasteiger partial charge < -0.3 is 15.1 Å². The highest BCUT2D eigenvalue weighted by atomic mass is 16.3. The maximum Gasteiger partial charge on any atom is 0.259 e. The largest absolute Gasteiger partial charge is 0.469 e. The number of benzene rings is 1. The predicted molar refractivity (Wildman–Crippen MR) is 94.0 cm³/mol. The van der Waals surface area contributed by atoms with Crippen LogP contribution in [0.4, 0.5) is 11.5 Å². The van der Waals surface area contributed by atoms with E-state index in [0.29, 0.717) is 22.8 Å². The quantitative estimate of drug-likeness (QED) is 0.764. The number of rotatable bonds is 4. The Morgan fingerprint density at radius 2 is 1.80 bits per heavy atom. The maximum absolute atomic E-state index is 12.2. The van der Waals surface area contributed by atoms with Crippen LogP contribution in [0.25, 0.3) is 5.69 Å². The zero-order valence-electron chi connectivity index (χ0n) is 14.2. The number of hydrogen-bond acceptors (Lipinski definition) is 4. The molecule has 0 fully saturated rings. The Kier molecular flexibility index (Phi) is 4.38. The number of furan rings is 1. The van der Waals surface area contributed by atoms with Gasteiger partial charge in [0.25, 0.3) is 5.91 Å². The summed E-state index contributed by atoms with van der Waals surface area (Å²) in [5.41, 5.74) is 2.71. The molecule has 7 heteroatoms. The van der Waals surface area contributed by atoms with Crippen molar-refractivity contribution in [3.8, 4) is 5.69 Å². The summed E-state index contributed by atoms with van der Waals surface area (Å²) in [5.74, 6) is 0.769. The molecule has 0 aliphatic rings. The second kappa shape index (κ2) is 6.64. The van der Waals surface area contributed by atoms with E-state index in [-0.39, 0.29) is 11.8 Å². The lowest BCUT2D eigenvalue weighted by molar-refractivity contribution is -0.114. The number of carbonyl (C=O) groups excluding carboxylic acids is 2. The van der Waals surface area contributed by atoms with Gasteiger partial charge in [-0.2, -0.15) is 5.10 Å². The molecule has 0 saturated heterocycles. The van der Waals surface area contributed by atoms with Crippen LogP contribution in [0, 0.1) is 13.8 Å². The van der Waals surface area contributed by atoms with Crippen LogP contribution in [0.5, 0.6) is 0 Å². The van der Waals surface area contributed by atoms with Gasteiger partial charge in [-0.1, -0.05) is 0 Å². The van der Waals surface area contributed by atoms with Crippen molar-refractivity contribution in [3.05, 3.63) is 59.7 Å². The number of nitrogens with zero attached hydrogens (tertiary/aromatic N) is 2. The standard InChI is InChI=1S/C18H18N4O3/c1-11-10-17(19-13(3)23)22(21-11)15-6-4-14(5-7-15)20-18(24)16-8-9-25-12(16)2/h4-10H,1-3H3,(H,19,23)(H,20,24). The van der Waals surface area contributed by atoms with Crippen LogP contribution in [0.1, 0.15) is 28.7 Å².